The van der Waals surface area contributed by atoms with E-state index < -0.39 is 12.1 Å². The number of rotatable bonds is 12. The molecule has 3 atom stereocenters. The van der Waals surface area contributed by atoms with E-state index in [1.54, 1.807) is 18.2 Å². The lowest BCUT2D eigenvalue weighted by atomic mass is 9.86. The fourth-order valence-corrected chi connectivity index (χ4v) is 4.63. The Balaban J connectivity index is 1.45. The Bertz CT molecular complexity index is 907. The molecule has 0 spiro atoms. The third-order valence-electron chi connectivity index (χ3n) is 6.40. The summed E-state index contributed by atoms with van der Waals surface area (Å²) in [5, 5.41) is 19.3. The highest BCUT2D eigenvalue weighted by atomic mass is 19.1. The third-order valence-corrected chi connectivity index (χ3v) is 6.40. The molecule has 3 rings (SSSR count). The molecule has 1 amide bonds. The predicted molar refractivity (Wildman–Crippen MR) is 127 cm³/mol. The maximum absolute atomic E-state index is 14.1. The molecule has 178 valence electrons. The van der Waals surface area contributed by atoms with E-state index in [2.05, 4.69) is 6.08 Å². The van der Waals surface area contributed by atoms with Crippen LogP contribution in [0, 0.1) is 11.7 Å². The highest BCUT2D eigenvalue weighted by Gasteiger charge is 2.28. The number of likely N-dealkylation sites (tertiary alicyclic amines) is 1. The van der Waals surface area contributed by atoms with Gasteiger partial charge in [-0.25, -0.2) is 4.39 Å². The van der Waals surface area contributed by atoms with Gasteiger partial charge in [0.25, 0.3) is 0 Å². The van der Waals surface area contributed by atoms with E-state index >= 15 is 0 Å². The van der Waals surface area contributed by atoms with E-state index in [0.29, 0.717) is 37.8 Å². The Labute approximate surface area is 195 Å². The highest BCUT2D eigenvalue weighted by Crippen LogP contribution is 2.31. The molecule has 1 unspecified atom stereocenters. The number of carbonyl (C=O) groups is 2. The number of carboxylic acid groups (broad SMARTS) is 1. The summed E-state index contributed by atoms with van der Waals surface area (Å²) < 4.78 is 14.1. The van der Waals surface area contributed by atoms with Gasteiger partial charge in [-0.3, -0.25) is 9.59 Å². The first kappa shape index (κ1) is 24.9. The van der Waals surface area contributed by atoms with Gasteiger partial charge >= 0.3 is 5.97 Å². The molecule has 1 aromatic carbocycles. The molecule has 1 heterocycles. The number of aliphatic hydroxyl groups excluding tert-OH is 1. The van der Waals surface area contributed by atoms with Crippen LogP contribution in [0.15, 0.2) is 54.6 Å². The number of allylic oxidation sites excluding steroid dienone is 4. The largest absolute Gasteiger partial charge is 0.481 e. The number of unbranched alkanes of at least 4 members (excludes halogenated alkanes) is 3. The number of amides is 1. The molecule has 1 aromatic rings. The summed E-state index contributed by atoms with van der Waals surface area (Å²) >= 11 is 0. The Hall–Kier alpha value is -2.73. The van der Waals surface area contributed by atoms with E-state index in [0.717, 1.165) is 31.3 Å². The summed E-state index contributed by atoms with van der Waals surface area (Å²) in [6.45, 7) is 0.666. The number of aliphatic hydroxyl groups is 1. The van der Waals surface area contributed by atoms with Crippen molar-refractivity contribution >= 4 is 17.4 Å². The maximum Gasteiger partial charge on any atom is 0.303 e. The van der Waals surface area contributed by atoms with Gasteiger partial charge < -0.3 is 15.1 Å². The van der Waals surface area contributed by atoms with Crippen LogP contribution in [0.2, 0.25) is 0 Å². The fourth-order valence-electron chi connectivity index (χ4n) is 4.63. The van der Waals surface area contributed by atoms with Crippen molar-refractivity contribution in [2.45, 2.75) is 69.9 Å². The summed E-state index contributed by atoms with van der Waals surface area (Å²) in [7, 11) is 0. The molecular weight excluding hydrogens is 421 g/mol. The molecule has 1 aliphatic heterocycles. The standard InChI is InChI=1S/C27H34FNO4/c28-25-11-5-4-10-24(25)21-9-7-8-20(18-21)19-23(30)15-13-22-14-16-26(31)29(22)17-6-2-1-3-12-27(32)33/h4-5,7-11,13,15,20,22-23,30H,1-3,6,12,14,16-19H2,(H,32,33)/b15-13+/t20?,22-,23+/m0/s1. The minimum Gasteiger partial charge on any atom is -0.481 e. The van der Waals surface area contributed by atoms with Crippen molar-refractivity contribution in [2.24, 2.45) is 5.92 Å². The van der Waals surface area contributed by atoms with Gasteiger partial charge in [0, 0.05) is 24.9 Å². The quantitative estimate of drug-likeness (QED) is 0.339. The lowest BCUT2D eigenvalue weighted by Gasteiger charge is -2.23. The molecule has 1 aliphatic carbocycles. The summed E-state index contributed by atoms with van der Waals surface area (Å²) in [5.74, 6) is -0.737. The van der Waals surface area contributed by atoms with Gasteiger partial charge in [-0.05, 0) is 49.7 Å². The molecular formula is C27H34FNO4. The fraction of sp³-hybridized carbons (Fsp3) is 0.481. The van der Waals surface area contributed by atoms with E-state index in [1.807, 2.05) is 29.2 Å². The SMILES string of the molecule is O=C(O)CCCCCCN1C(=O)CC[C@@H]1/C=C/[C@@H](O)CC1C=CC=C(c2ccccc2F)C1. The molecule has 1 saturated heterocycles. The monoisotopic (exact) mass is 455 g/mol. The summed E-state index contributed by atoms with van der Waals surface area (Å²) in [6.07, 6.45) is 15.0. The van der Waals surface area contributed by atoms with Crippen LogP contribution in [0.25, 0.3) is 5.57 Å². The molecule has 2 N–H and O–H groups in total. The van der Waals surface area contributed by atoms with Crippen molar-refractivity contribution in [3.05, 3.63) is 66.0 Å². The van der Waals surface area contributed by atoms with Crippen molar-refractivity contribution in [2.75, 3.05) is 6.54 Å². The molecule has 5 nitrogen and oxygen atoms in total. The van der Waals surface area contributed by atoms with Crippen LogP contribution in [0.1, 0.15) is 63.4 Å². The lowest BCUT2D eigenvalue weighted by Crippen LogP contribution is -2.32. The predicted octanol–water partition coefficient (Wildman–Crippen LogP) is 5.12. The first-order valence-corrected chi connectivity index (χ1v) is 11.9. The number of hydrogen-bond acceptors (Lipinski definition) is 3. The van der Waals surface area contributed by atoms with Crippen molar-refractivity contribution in [3.8, 4) is 0 Å². The van der Waals surface area contributed by atoms with Crippen molar-refractivity contribution in [3.63, 3.8) is 0 Å². The lowest BCUT2D eigenvalue weighted by molar-refractivity contribution is -0.137. The van der Waals surface area contributed by atoms with Crippen LogP contribution in [-0.4, -0.2) is 45.7 Å². The van der Waals surface area contributed by atoms with Crippen LogP contribution in [-0.2, 0) is 9.59 Å². The molecule has 1 fully saturated rings. The van der Waals surface area contributed by atoms with Gasteiger partial charge in [0.2, 0.25) is 5.91 Å². The van der Waals surface area contributed by atoms with Crippen molar-refractivity contribution < 1.29 is 24.2 Å². The summed E-state index contributed by atoms with van der Waals surface area (Å²) in [4.78, 5) is 24.7. The second-order valence-electron chi connectivity index (χ2n) is 8.96. The van der Waals surface area contributed by atoms with Crippen LogP contribution >= 0.6 is 0 Å². The second-order valence-corrected chi connectivity index (χ2v) is 8.96. The summed E-state index contributed by atoms with van der Waals surface area (Å²) in [6, 6.07) is 6.76. The van der Waals surface area contributed by atoms with Crippen molar-refractivity contribution in [1.29, 1.82) is 0 Å². The second kappa shape index (κ2) is 12.5. The van der Waals surface area contributed by atoms with Crippen molar-refractivity contribution in [1.82, 2.24) is 4.90 Å². The number of benzene rings is 1. The Morgan fingerprint density at radius 2 is 2.00 bits per heavy atom. The van der Waals surface area contributed by atoms with E-state index in [1.165, 1.54) is 6.07 Å². The van der Waals surface area contributed by atoms with E-state index in [9.17, 15) is 19.1 Å². The normalized spacial score (nSPS) is 21.6. The van der Waals surface area contributed by atoms with Crippen LogP contribution in [0.5, 0.6) is 0 Å². The molecule has 2 aliphatic rings. The number of nitrogens with zero attached hydrogens (tertiary/aromatic N) is 1. The zero-order valence-corrected chi connectivity index (χ0v) is 19.0. The third kappa shape index (κ3) is 7.67. The average molecular weight is 456 g/mol. The van der Waals surface area contributed by atoms with Crippen LogP contribution in [0.4, 0.5) is 4.39 Å². The Morgan fingerprint density at radius 1 is 1.21 bits per heavy atom. The Morgan fingerprint density at radius 3 is 2.79 bits per heavy atom. The minimum atomic E-state index is -0.767. The first-order valence-electron chi connectivity index (χ1n) is 11.9. The number of hydrogen-bond donors (Lipinski definition) is 2. The highest BCUT2D eigenvalue weighted by molar-refractivity contribution is 5.79. The topological polar surface area (TPSA) is 77.8 Å². The van der Waals surface area contributed by atoms with Gasteiger partial charge in [0.1, 0.15) is 5.82 Å². The van der Waals surface area contributed by atoms with Gasteiger partial charge in [-0.15, -0.1) is 0 Å². The minimum absolute atomic E-state index is 0.00180. The van der Waals surface area contributed by atoms with Gasteiger partial charge in [-0.1, -0.05) is 61.4 Å². The van der Waals surface area contributed by atoms with Gasteiger partial charge in [-0.2, -0.15) is 0 Å². The molecule has 0 aromatic heterocycles. The zero-order chi connectivity index (χ0) is 23.6. The number of aliphatic carboxylic acids is 1. The van der Waals surface area contributed by atoms with Crippen LogP contribution in [0.3, 0.4) is 0 Å². The van der Waals surface area contributed by atoms with E-state index in [-0.39, 0.29) is 30.1 Å². The Kier molecular flexibility index (Phi) is 9.43. The van der Waals surface area contributed by atoms with Gasteiger partial charge in [0.05, 0.1) is 12.1 Å². The molecule has 0 bridgehead atoms. The molecule has 33 heavy (non-hydrogen) atoms. The smallest absolute Gasteiger partial charge is 0.303 e. The average Bonchev–Trinajstić information content (AvgIpc) is 3.14. The first-order chi connectivity index (χ1) is 15.9. The zero-order valence-electron chi connectivity index (χ0n) is 19.0. The molecule has 0 saturated carbocycles. The number of halogens is 1. The maximum atomic E-state index is 14.1. The van der Waals surface area contributed by atoms with E-state index in [4.69, 9.17) is 5.11 Å². The molecule has 6 heteroatoms. The molecule has 0 radical (unpaired) electrons. The van der Waals surface area contributed by atoms with Crippen LogP contribution < -0.4 is 0 Å². The summed E-state index contributed by atoms with van der Waals surface area (Å²) in [5.41, 5.74) is 1.55. The van der Waals surface area contributed by atoms with Gasteiger partial charge in [0.15, 0.2) is 0 Å². The number of carboxylic acids is 1. The number of carbonyl (C=O) groups excluding carboxylic acids is 1.